The van der Waals surface area contributed by atoms with Gasteiger partial charge < -0.3 is 0 Å². The third-order valence-corrected chi connectivity index (χ3v) is 7.09. The van der Waals surface area contributed by atoms with Crippen molar-refractivity contribution in [1.29, 1.82) is 0 Å². The molecular formula is C35H24N4O2. The Morgan fingerprint density at radius 3 is 1.88 bits per heavy atom. The summed E-state index contributed by atoms with van der Waals surface area (Å²) < 4.78 is 0. The average molecular weight is 533 g/mol. The number of allylic oxidation sites excluding steroid dienone is 4. The van der Waals surface area contributed by atoms with Crippen molar-refractivity contribution in [3.05, 3.63) is 132 Å². The Morgan fingerprint density at radius 2 is 1.24 bits per heavy atom. The molecule has 4 aromatic rings. The summed E-state index contributed by atoms with van der Waals surface area (Å²) in [5.41, 5.74) is 6.14. The summed E-state index contributed by atoms with van der Waals surface area (Å²) >= 11 is 0. The third-order valence-electron chi connectivity index (χ3n) is 7.09. The molecule has 196 valence electrons. The Hall–Kier alpha value is -5.67. The van der Waals surface area contributed by atoms with E-state index in [0.717, 1.165) is 32.7 Å². The van der Waals surface area contributed by atoms with Crippen molar-refractivity contribution in [3.8, 4) is 46.2 Å². The predicted molar refractivity (Wildman–Crippen MR) is 160 cm³/mol. The highest BCUT2D eigenvalue weighted by atomic mass is 16.2. The minimum Gasteiger partial charge on any atom is -0.278 e. The summed E-state index contributed by atoms with van der Waals surface area (Å²) in [4.78, 5) is 41.5. The number of carbonyl (C=O) groups is 2. The molecule has 2 heterocycles. The molecule has 0 unspecified atom stereocenters. The molecular weight excluding hydrogens is 508 g/mol. The van der Waals surface area contributed by atoms with E-state index >= 15 is 0 Å². The monoisotopic (exact) mass is 532 g/mol. The molecule has 0 spiro atoms. The maximum atomic E-state index is 13.0. The summed E-state index contributed by atoms with van der Waals surface area (Å²) in [7, 11) is 1.47. The Bertz CT molecular complexity index is 1840. The number of fused-ring (bicyclic) bond motifs is 1. The first-order valence-electron chi connectivity index (χ1n) is 13.1. The normalized spacial score (nSPS) is 15.0. The summed E-state index contributed by atoms with van der Waals surface area (Å²) in [5.74, 6) is 3.22. The van der Waals surface area contributed by atoms with Crippen molar-refractivity contribution < 1.29 is 9.59 Å². The Kier molecular flexibility index (Phi) is 6.76. The minimum atomic E-state index is -0.394. The lowest BCUT2D eigenvalue weighted by Gasteiger charge is -2.29. The largest absolute Gasteiger partial charge is 0.278 e. The lowest BCUT2D eigenvalue weighted by Crippen LogP contribution is -2.40. The molecule has 0 atom stereocenters. The maximum absolute atomic E-state index is 13.0. The number of amides is 2. The van der Waals surface area contributed by atoms with Crippen LogP contribution in [0.3, 0.4) is 0 Å². The van der Waals surface area contributed by atoms with Crippen LogP contribution in [0, 0.1) is 12.3 Å². The molecule has 0 radical (unpaired) electrons. The quantitative estimate of drug-likeness (QED) is 0.230. The van der Waals surface area contributed by atoms with Gasteiger partial charge in [-0.25, -0.2) is 15.0 Å². The molecule has 2 aliphatic rings. The van der Waals surface area contributed by atoms with Crippen molar-refractivity contribution >= 4 is 17.4 Å². The summed E-state index contributed by atoms with van der Waals surface area (Å²) in [5, 5.41) is 0. The van der Waals surface area contributed by atoms with E-state index in [1.807, 2.05) is 66.7 Å². The molecule has 2 amide bonds. The topological polar surface area (TPSA) is 76.1 Å². The van der Waals surface area contributed by atoms with E-state index in [9.17, 15) is 9.59 Å². The van der Waals surface area contributed by atoms with E-state index < -0.39 is 5.91 Å². The van der Waals surface area contributed by atoms with Gasteiger partial charge in [-0.3, -0.25) is 14.5 Å². The van der Waals surface area contributed by atoms with Gasteiger partial charge >= 0.3 is 0 Å². The van der Waals surface area contributed by atoms with Crippen LogP contribution in [0.4, 0.5) is 0 Å². The maximum Gasteiger partial charge on any atom is 0.260 e. The number of terminal acetylenes is 1. The average Bonchev–Trinajstić information content (AvgIpc) is 3.04. The van der Waals surface area contributed by atoms with E-state index in [-0.39, 0.29) is 5.91 Å². The lowest BCUT2D eigenvalue weighted by molar-refractivity contribution is -0.138. The van der Waals surface area contributed by atoms with Crippen LogP contribution in [-0.2, 0) is 9.59 Å². The standard InChI is InChI=1S/C35H24N4O2/c1-3-4-15-28-30-22-27(20-21-29(30)35(41)39(2)34(28)40)33-37-31(25-13-9-6-10-14-25)36-32(38-33)26-18-16-24(17-19-26)23-11-7-5-8-12-23/h1,4-21H,22H2,2H3/b15-4-. The molecule has 1 aliphatic heterocycles. The summed E-state index contributed by atoms with van der Waals surface area (Å²) in [6.45, 7) is 0. The van der Waals surface area contributed by atoms with Crippen molar-refractivity contribution in [2.75, 3.05) is 7.05 Å². The number of rotatable bonds is 5. The van der Waals surface area contributed by atoms with Crippen molar-refractivity contribution in [2.24, 2.45) is 0 Å². The van der Waals surface area contributed by atoms with Crippen LogP contribution in [0.2, 0.25) is 0 Å². The number of nitrogens with zero attached hydrogens (tertiary/aromatic N) is 4. The zero-order chi connectivity index (χ0) is 28.3. The highest BCUT2D eigenvalue weighted by Gasteiger charge is 2.35. The second-order valence-electron chi connectivity index (χ2n) is 9.63. The second-order valence-corrected chi connectivity index (χ2v) is 9.63. The first-order chi connectivity index (χ1) is 20.0. The van der Waals surface area contributed by atoms with Crippen LogP contribution in [-0.4, -0.2) is 38.7 Å². The van der Waals surface area contributed by atoms with Crippen LogP contribution in [0.15, 0.2) is 126 Å². The van der Waals surface area contributed by atoms with Crippen molar-refractivity contribution in [2.45, 2.75) is 6.42 Å². The molecule has 6 rings (SSSR count). The predicted octanol–water partition coefficient (Wildman–Crippen LogP) is 6.07. The van der Waals surface area contributed by atoms with Gasteiger partial charge in [-0.1, -0.05) is 96.9 Å². The smallest absolute Gasteiger partial charge is 0.260 e. The molecule has 41 heavy (non-hydrogen) atoms. The minimum absolute atomic E-state index is 0.298. The van der Waals surface area contributed by atoms with E-state index in [2.05, 4.69) is 30.2 Å². The van der Waals surface area contributed by atoms with Gasteiger partial charge in [0.15, 0.2) is 17.5 Å². The van der Waals surface area contributed by atoms with Gasteiger partial charge in [0.1, 0.15) is 0 Å². The summed E-state index contributed by atoms with van der Waals surface area (Å²) in [6.07, 6.45) is 12.3. The van der Waals surface area contributed by atoms with E-state index in [1.165, 1.54) is 13.1 Å². The fourth-order valence-electron chi connectivity index (χ4n) is 4.92. The number of hydrogen-bond acceptors (Lipinski definition) is 5. The second kappa shape index (κ2) is 10.8. The van der Waals surface area contributed by atoms with Crippen molar-refractivity contribution in [1.82, 2.24) is 19.9 Å². The number of carbonyl (C=O) groups excluding carboxylic acids is 2. The van der Waals surface area contributed by atoms with Crippen molar-refractivity contribution in [3.63, 3.8) is 0 Å². The van der Waals surface area contributed by atoms with Crippen LogP contribution in [0.5, 0.6) is 0 Å². The first-order valence-corrected chi connectivity index (χ1v) is 13.1. The van der Waals surface area contributed by atoms with Gasteiger partial charge in [-0.15, -0.1) is 6.42 Å². The van der Waals surface area contributed by atoms with Gasteiger partial charge in [0.2, 0.25) is 0 Å². The van der Waals surface area contributed by atoms with Crippen LogP contribution < -0.4 is 0 Å². The van der Waals surface area contributed by atoms with Crippen LogP contribution in [0.1, 0.15) is 12.2 Å². The highest BCUT2D eigenvalue weighted by Crippen LogP contribution is 2.37. The SMILES string of the molecule is C#C/C=C\C1=C2CC(c3nc(-c4ccccc4)nc(-c4ccc(-c5ccccc5)cc4)n3)=CC=C2C(=O)N(C)C1=O. The molecule has 6 nitrogen and oxygen atoms in total. The fourth-order valence-corrected chi connectivity index (χ4v) is 4.92. The van der Waals surface area contributed by atoms with Gasteiger partial charge in [0.25, 0.3) is 11.8 Å². The lowest BCUT2D eigenvalue weighted by atomic mass is 9.84. The van der Waals surface area contributed by atoms with E-state index in [0.29, 0.717) is 40.6 Å². The molecule has 0 saturated heterocycles. The van der Waals surface area contributed by atoms with Crippen LogP contribution >= 0.6 is 0 Å². The van der Waals surface area contributed by atoms with Gasteiger partial charge in [0, 0.05) is 41.3 Å². The highest BCUT2D eigenvalue weighted by molar-refractivity contribution is 6.18. The molecule has 3 aromatic carbocycles. The molecule has 0 saturated carbocycles. The fraction of sp³-hybridized carbons (Fsp3) is 0.0571. The molecule has 0 bridgehead atoms. The number of hydrogen-bond donors (Lipinski definition) is 0. The molecule has 0 N–H and O–H groups in total. The first kappa shape index (κ1) is 25.6. The van der Waals surface area contributed by atoms with Crippen LogP contribution in [0.25, 0.3) is 39.5 Å². The number of aromatic nitrogens is 3. The molecule has 1 aromatic heterocycles. The molecule has 6 heteroatoms. The summed E-state index contributed by atoms with van der Waals surface area (Å²) in [6, 6.07) is 28.0. The Morgan fingerprint density at radius 1 is 0.707 bits per heavy atom. The van der Waals surface area contributed by atoms with E-state index in [1.54, 1.807) is 12.2 Å². The molecule has 0 fully saturated rings. The zero-order valence-corrected chi connectivity index (χ0v) is 22.3. The Labute approximate surface area is 238 Å². The van der Waals surface area contributed by atoms with Gasteiger partial charge in [-0.2, -0.15) is 0 Å². The number of likely N-dealkylation sites (N-methyl/N-ethyl adjacent to an activating group) is 1. The Balaban J connectivity index is 1.46. The van der Waals surface area contributed by atoms with Gasteiger partial charge in [0.05, 0.1) is 0 Å². The van der Waals surface area contributed by atoms with E-state index in [4.69, 9.17) is 21.4 Å². The molecule has 1 aliphatic carbocycles. The number of benzene rings is 3. The number of imide groups is 1. The third kappa shape index (κ3) is 4.93. The van der Waals surface area contributed by atoms with Gasteiger partial charge in [-0.05, 0) is 34.9 Å². The zero-order valence-electron chi connectivity index (χ0n) is 22.3.